The molecule has 2 aliphatic rings. The summed E-state index contributed by atoms with van der Waals surface area (Å²) in [4.78, 5) is 27.8. The maximum Gasteiger partial charge on any atom is 0.242 e. The topological polar surface area (TPSA) is 66.6 Å². The Morgan fingerprint density at radius 1 is 1.10 bits per heavy atom. The molecule has 0 aromatic carbocycles. The second-order valence-corrected chi connectivity index (χ2v) is 6.66. The third-order valence-corrected chi connectivity index (χ3v) is 5.02. The summed E-state index contributed by atoms with van der Waals surface area (Å²) in [6.45, 7) is 2.70. The summed E-state index contributed by atoms with van der Waals surface area (Å²) < 4.78 is 0. The molecule has 1 aliphatic carbocycles. The summed E-state index contributed by atoms with van der Waals surface area (Å²) in [5, 5.41) is 0. The van der Waals surface area contributed by atoms with Crippen molar-refractivity contribution in [3.05, 3.63) is 0 Å². The molecule has 0 radical (unpaired) electrons. The molecule has 2 amide bonds. The smallest absolute Gasteiger partial charge is 0.242 e. The minimum Gasteiger partial charge on any atom is -0.341 e. The number of rotatable bonds is 5. The maximum atomic E-state index is 12.2. The van der Waals surface area contributed by atoms with Crippen molar-refractivity contribution in [2.75, 3.05) is 33.2 Å². The average molecular weight is 295 g/mol. The number of likely N-dealkylation sites (N-methyl/N-ethyl adjacent to an activating group) is 1. The Bertz CT molecular complexity index is 359. The van der Waals surface area contributed by atoms with Gasteiger partial charge in [0.2, 0.25) is 11.8 Å². The molecule has 1 heterocycles. The lowest BCUT2D eigenvalue weighted by atomic mass is 9.80. The van der Waals surface area contributed by atoms with Crippen molar-refractivity contribution in [3.8, 4) is 0 Å². The van der Waals surface area contributed by atoms with E-state index in [4.69, 9.17) is 5.73 Å². The first kappa shape index (κ1) is 16.3. The van der Waals surface area contributed by atoms with E-state index in [1.54, 1.807) is 11.9 Å². The highest BCUT2D eigenvalue weighted by atomic mass is 16.2. The third-order valence-electron chi connectivity index (χ3n) is 5.02. The molecule has 0 aromatic rings. The van der Waals surface area contributed by atoms with Crippen molar-refractivity contribution >= 4 is 11.8 Å². The van der Waals surface area contributed by atoms with Crippen LogP contribution < -0.4 is 5.73 Å². The van der Waals surface area contributed by atoms with Crippen LogP contribution in [0, 0.1) is 11.8 Å². The Morgan fingerprint density at radius 3 is 2.24 bits per heavy atom. The van der Waals surface area contributed by atoms with Gasteiger partial charge in [-0.15, -0.1) is 0 Å². The van der Waals surface area contributed by atoms with E-state index in [9.17, 15) is 9.59 Å². The first-order valence-corrected chi connectivity index (χ1v) is 8.32. The number of carbonyl (C=O) groups excluding carboxylic acids is 2. The largest absolute Gasteiger partial charge is 0.341 e. The standard InChI is InChI=1S/C16H29N3O2/c1-18(12-16(21)19-8-2-3-9-19)15(20)10-13-4-6-14(11-17)7-5-13/h13-14H,2-12,17H2,1H3. The zero-order valence-corrected chi connectivity index (χ0v) is 13.2. The quantitative estimate of drug-likeness (QED) is 0.829. The van der Waals surface area contributed by atoms with Gasteiger partial charge >= 0.3 is 0 Å². The van der Waals surface area contributed by atoms with Crippen LogP contribution in [0.2, 0.25) is 0 Å². The lowest BCUT2D eigenvalue weighted by Crippen LogP contribution is -2.40. The molecule has 5 heteroatoms. The van der Waals surface area contributed by atoms with Crippen molar-refractivity contribution in [2.24, 2.45) is 17.6 Å². The van der Waals surface area contributed by atoms with Crippen LogP contribution in [-0.4, -0.2) is 54.8 Å². The Labute approximate surface area is 127 Å². The predicted octanol–water partition coefficient (Wildman–Crippen LogP) is 1.22. The molecule has 0 aromatic heterocycles. The van der Waals surface area contributed by atoms with E-state index in [0.29, 0.717) is 18.3 Å². The summed E-state index contributed by atoms with van der Waals surface area (Å²) in [5.74, 6) is 1.32. The van der Waals surface area contributed by atoms with Gasteiger partial charge in [0.05, 0.1) is 6.54 Å². The van der Waals surface area contributed by atoms with E-state index < -0.39 is 0 Å². The fourth-order valence-electron chi connectivity index (χ4n) is 3.43. The van der Waals surface area contributed by atoms with Crippen LogP contribution in [0.5, 0.6) is 0 Å². The number of hydrogen-bond acceptors (Lipinski definition) is 3. The van der Waals surface area contributed by atoms with Gasteiger partial charge in [0.15, 0.2) is 0 Å². The van der Waals surface area contributed by atoms with Gasteiger partial charge in [0, 0.05) is 26.6 Å². The van der Waals surface area contributed by atoms with Crippen molar-refractivity contribution in [1.29, 1.82) is 0 Å². The molecule has 0 atom stereocenters. The van der Waals surface area contributed by atoms with Gasteiger partial charge in [-0.2, -0.15) is 0 Å². The fraction of sp³-hybridized carbons (Fsp3) is 0.875. The Kier molecular flexibility index (Phi) is 6.03. The molecular weight excluding hydrogens is 266 g/mol. The van der Waals surface area contributed by atoms with Crippen molar-refractivity contribution in [2.45, 2.75) is 44.9 Å². The van der Waals surface area contributed by atoms with Crippen LogP contribution in [0.1, 0.15) is 44.9 Å². The minimum atomic E-state index is 0.0928. The highest BCUT2D eigenvalue weighted by Gasteiger charge is 2.25. The number of carbonyl (C=O) groups is 2. The number of amides is 2. The van der Waals surface area contributed by atoms with E-state index in [2.05, 4.69) is 0 Å². The van der Waals surface area contributed by atoms with Gasteiger partial charge in [-0.3, -0.25) is 9.59 Å². The first-order valence-electron chi connectivity index (χ1n) is 8.32. The first-order chi connectivity index (χ1) is 10.1. The van der Waals surface area contributed by atoms with Gasteiger partial charge in [-0.1, -0.05) is 0 Å². The van der Waals surface area contributed by atoms with Crippen molar-refractivity contribution < 1.29 is 9.59 Å². The minimum absolute atomic E-state index is 0.0928. The number of hydrogen-bond donors (Lipinski definition) is 1. The summed E-state index contributed by atoms with van der Waals surface area (Å²) in [6, 6.07) is 0. The highest BCUT2D eigenvalue weighted by Crippen LogP contribution is 2.30. The average Bonchev–Trinajstić information content (AvgIpc) is 3.02. The third kappa shape index (κ3) is 4.70. The van der Waals surface area contributed by atoms with Crippen LogP contribution in [0.3, 0.4) is 0 Å². The molecule has 0 spiro atoms. The van der Waals surface area contributed by atoms with E-state index in [-0.39, 0.29) is 18.4 Å². The van der Waals surface area contributed by atoms with Crippen molar-refractivity contribution in [3.63, 3.8) is 0 Å². The Hall–Kier alpha value is -1.10. The van der Waals surface area contributed by atoms with Gasteiger partial charge in [0.1, 0.15) is 0 Å². The van der Waals surface area contributed by atoms with E-state index in [1.165, 1.54) is 0 Å². The van der Waals surface area contributed by atoms with Gasteiger partial charge < -0.3 is 15.5 Å². The Morgan fingerprint density at radius 2 is 1.67 bits per heavy atom. The van der Waals surface area contributed by atoms with E-state index in [1.807, 2.05) is 4.90 Å². The second kappa shape index (κ2) is 7.78. The molecule has 5 nitrogen and oxygen atoms in total. The summed E-state index contributed by atoms with van der Waals surface area (Å²) in [5.41, 5.74) is 5.70. The lowest BCUT2D eigenvalue weighted by Gasteiger charge is -2.29. The molecule has 1 saturated carbocycles. The van der Waals surface area contributed by atoms with Crippen LogP contribution in [0.25, 0.3) is 0 Å². The molecule has 2 fully saturated rings. The van der Waals surface area contributed by atoms with Gasteiger partial charge in [-0.25, -0.2) is 0 Å². The maximum absolute atomic E-state index is 12.2. The summed E-state index contributed by atoms with van der Waals surface area (Å²) in [6.07, 6.45) is 7.25. The highest BCUT2D eigenvalue weighted by molar-refractivity contribution is 5.84. The lowest BCUT2D eigenvalue weighted by molar-refractivity contribution is -0.139. The van der Waals surface area contributed by atoms with Crippen LogP contribution in [0.15, 0.2) is 0 Å². The monoisotopic (exact) mass is 295 g/mol. The van der Waals surface area contributed by atoms with Gasteiger partial charge in [-0.05, 0) is 56.9 Å². The molecule has 2 rings (SSSR count). The van der Waals surface area contributed by atoms with E-state index in [0.717, 1.165) is 58.2 Å². The summed E-state index contributed by atoms with van der Waals surface area (Å²) in [7, 11) is 1.75. The molecule has 21 heavy (non-hydrogen) atoms. The SMILES string of the molecule is CN(CC(=O)N1CCCC1)C(=O)CC1CCC(CN)CC1. The van der Waals surface area contributed by atoms with Crippen LogP contribution in [0.4, 0.5) is 0 Å². The number of likely N-dealkylation sites (tertiary alicyclic amines) is 1. The molecule has 1 saturated heterocycles. The normalized spacial score (nSPS) is 25.9. The predicted molar refractivity (Wildman–Crippen MR) is 82.6 cm³/mol. The Balaban J connectivity index is 1.71. The molecule has 0 unspecified atom stereocenters. The zero-order valence-electron chi connectivity index (χ0n) is 13.2. The summed E-state index contributed by atoms with van der Waals surface area (Å²) >= 11 is 0. The van der Waals surface area contributed by atoms with Crippen LogP contribution >= 0.6 is 0 Å². The molecule has 1 aliphatic heterocycles. The molecule has 120 valence electrons. The van der Waals surface area contributed by atoms with Gasteiger partial charge in [0.25, 0.3) is 0 Å². The second-order valence-electron chi connectivity index (χ2n) is 6.66. The van der Waals surface area contributed by atoms with Crippen LogP contribution in [-0.2, 0) is 9.59 Å². The molecule has 2 N–H and O–H groups in total. The number of nitrogens with zero attached hydrogens (tertiary/aromatic N) is 2. The number of nitrogens with two attached hydrogens (primary N) is 1. The molecular formula is C16H29N3O2. The van der Waals surface area contributed by atoms with Crippen molar-refractivity contribution in [1.82, 2.24) is 9.80 Å². The fourth-order valence-corrected chi connectivity index (χ4v) is 3.43. The zero-order chi connectivity index (χ0) is 15.2. The molecule has 0 bridgehead atoms. The van der Waals surface area contributed by atoms with E-state index >= 15 is 0 Å².